The van der Waals surface area contributed by atoms with Crippen molar-refractivity contribution in [1.29, 1.82) is 0 Å². The summed E-state index contributed by atoms with van der Waals surface area (Å²) in [6, 6.07) is 23.7. The largest absolute Gasteiger partial charge is 0.444 e. The minimum Gasteiger partial charge on any atom is -0.444 e. The molecule has 0 bridgehead atoms. The number of primary amides is 1. The zero-order valence-corrected chi connectivity index (χ0v) is 26.4. The highest BCUT2D eigenvalue weighted by molar-refractivity contribution is 6.06. The summed E-state index contributed by atoms with van der Waals surface area (Å²) in [6.07, 6.45) is 2.28. The molecule has 0 aromatic heterocycles. The van der Waals surface area contributed by atoms with Gasteiger partial charge in [-0.25, -0.2) is 9.59 Å². The van der Waals surface area contributed by atoms with Gasteiger partial charge in [0.1, 0.15) is 5.60 Å². The number of hydrogen-bond acceptors (Lipinski definition) is 6. The number of nitrogens with one attached hydrogen (secondary N) is 3. The van der Waals surface area contributed by atoms with E-state index in [4.69, 9.17) is 15.2 Å². The molecule has 1 aliphatic heterocycles. The molecule has 1 atom stereocenters. The van der Waals surface area contributed by atoms with E-state index in [9.17, 15) is 14.4 Å². The van der Waals surface area contributed by atoms with Crippen LogP contribution in [0.25, 0.3) is 0 Å². The second-order valence-electron chi connectivity index (χ2n) is 12.3. The quantitative estimate of drug-likeness (QED) is 0.201. The number of nitrogens with zero attached hydrogens (tertiary/aromatic N) is 1. The summed E-state index contributed by atoms with van der Waals surface area (Å²) < 4.78 is 10.9. The molecule has 0 aliphatic carbocycles. The van der Waals surface area contributed by atoms with E-state index in [0.29, 0.717) is 29.8 Å². The minimum atomic E-state index is -0.729. The van der Waals surface area contributed by atoms with E-state index in [0.717, 1.165) is 56.8 Å². The van der Waals surface area contributed by atoms with Crippen LogP contribution >= 0.6 is 0 Å². The number of benzene rings is 3. The van der Waals surface area contributed by atoms with Gasteiger partial charge >= 0.3 is 12.1 Å². The second kappa shape index (κ2) is 15.5. The van der Waals surface area contributed by atoms with Crippen molar-refractivity contribution in [3.63, 3.8) is 0 Å². The molecule has 1 unspecified atom stereocenters. The molecule has 10 heteroatoms. The maximum Gasteiger partial charge on any atom is 0.412 e. The SMILES string of the molecule is CC(C)(C)OC(=O)Nc1ccccc1NC(=O)c1ccc(C(CCCN2CCOCC2)(CCc2ccccc2)NC(N)=O)cc1. The lowest BCUT2D eigenvalue weighted by molar-refractivity contribution is 0.0361. The highest BCUT2D eigenvalue weighted by Crippen LogP contribution is 2.33. The van der Waals surface area contributed by atoms with Gasteiger partial charge in [0.25, 0.3) is 5.91 Å². The summed E-state index contributed by atoms with van der Waals surface area (Å²) in [4.78, 5) is 40.5. The van der Waals surface area contributed by atoms with Crippen LogP contribution in [0.3, 0.4) is 0 Å². The van der Waals surface area contributed by atoms with Gasteiger partial charge in [0.15, 0.2) is 0 Å². The summed E-state index contributed by atoms with van der Waals surface area (Å²) in [6.45, 7) is 9.46. The molecule has 4 rings (SSSR count). The molecule has 0 spiro atoms. The lowest BCUT2D eigenvalue weighted by Crippen LogP contribution is -2.49. The fourth-order valence-corrected chi connectivity index (χ4v) is 5.53. The Balaban J connectivity index is 1.53. The predicted octanol–water partition coefficient (Wildman–Crippen LogP) is 5.89. The number of morpholine rings is 1. The number of para-hydroxylation sites is 2. The first-order chi connectivity index (χ1) is 21.5. The zero-order chi connectivity index (χ0) is 32.3. The van der Waals surface area contributed by atoms with Crippen molar-refractivity contribution in [2.75, 3.05) is 43.5 Å². The molecule has 1 aliphatic rings. The average molecular weight is 616 g/mol. The van der Waals surface area contributed by atoms with Crippen LogP contribution in [0, 0.1) is 0 Å². The molecule has 1 fully saturated rings. The first kappa shape index (κ1) is 33.5. The lowest BCUT2D eigenvalue weighted by Gasteiger charge is -2.36. The second-order valence-corrected chi connectivity index (χ2v) is 12.3. The highest BCUT2D eigenvalue weighted by atomic mass is 16.6. The Bertz CT molecular complexity index is 1420. The fraction of sp³-hybridized carbons (Fsp3) is 0.400. The highest BCUT2D eigenvalue weighted by Gasteiger charge is 2.33. The van der Waals surface area contributed by atoms with Crippen molar-refractivity contribution >= 4 is 29.4 Å². The molecule has 5 N–H and O–H groups in total. The number of rotatable bonds is 12. The van der Waals surface area contributed by atoms with Crippen LogP contribution in [0.2, 0.25) is 0 Å². The fourth-order valence-electron chi connectivity index (χ4n) is 5.53. The summed E-state index contributed by atoms with van der Waals surface area (Å²) in [5.41, 5.74) is 7.70. The van der Waals surface area contributed by atoms with Gasteiger partial charge in [-0.15, -0.1) is 0 Å². The van der Waals surface area contributed by atoms with Crippen LogP contribution in [0.15, 0.2) is 78.9 Å². The summed E-state index contributed by atoms with van der Waals surface area (Å²) in [5.74, 6) is -0.343. The first-order valence-electron chi connectivity index (χ1n) is 15.5. The maximum absolute atomic E-state index is 13.3. The van der Waals surface area contributed by atoms with Gasteiger partial charge in [-0.1, -0.05) is 54.6 Å². The number of amides is 4. The van der Waals surface area contributed by atoms with E-state index < -0.39 is 23.3 Å². The monoisotopic (exact) mass is 615 g/mol. The molecule has 1 heterocycles. The maximum atomic E-state index is 13.3. The molecule has 3 aromatic rings. The Morgan fingerprint density at radius 2 is 1.47 bits per heavy atom. The molecular weight excluding hydrogens is 570 g/mol. The Hall–Kier alpha value is -4.41. The number of anilines is 2. The molecular formula is C35H45N5O5. The summed E-state index contributed by atoms with van der Waals surface area (Å²) in [7, 11) is 0. The van der Waals surface area contributed by atoms with E-state index in [1.165, 1.54) is 0 Å². The molecule has 240 valence electrons. The lowest BCUT2D eigenvalue weighted by atomic mass is 9.80. The zero-order valence-electron chi connectivity index (χ0n) is 26.4. The first-order valence-corrected chi connectivity index (χ1v) is 15.5. The van der Waals surface area contributed by atoms with Crippen molar-refractivity contribution < 1.29 is 23.9 Å². The minimum absolute atomic E-state index is 0.343. The number of carbonyl (C=O) groups excluding carboxylic acids is 3. The van der Waals surface area contributed by atoms with Crippen molar-refractivity contribution in [2.45, 2.75) is 57.6 Å². The van der Waals surface area contributed by atoms with Gasteiger partial charge in [-0.2, -0.15) is 0 Å². The summed E-state index contributed by atoms with van der Waals surface area (Å²) in [5, 5.41) is 8.68. The number of nitrogens with two attached hydrogens (primary N) is 1. The number of ether oxygens (including phenoxy) is 2. The predicted molar refractivity (Wildman–Crippen MR) is 176 cm³/mol. The molecule has 45 heavy (non-hydrogen) atoms. The van der Waals surface area contributed by atoms with Crippen LogP contribution in [-0.4, -0.2) is 61.4 Å². The van der Waals surface area contributed by atoms with Crippen molar-refractivity contribution in [3.05, 3.63) is 95.6 Å². The number of hydrogen-bond donors (Lipinski definition) is 4. The molecule has 1 saturated heterocycles. The van der Waals surface area contributed by atoms with Crippen LogP contribution in [-0.2, 0) is 21.4 Å². The number of aryl methyl sites for hydroxylation is 1. The van der Waals surface area contributed by atoms with E-state index in [1.54, 1.807) is 57.2 Å². The third-order valence-corrected chi connectivity index (χ3v) is 7.74. The van der Waals surface area contributed by atoms with Crippen molar-refractivity contribution in [3.8, 4) is 0 Å². The smallest absolute Gasteiger partial charge is 0.412 e. The van der Waals surface area contributed by atoms with Gasteiger partial charge in [0.2, 0.25) is 0 Å². The van der Waals surface area contributed by atoms with Crippen molar-refractivity contribution in [1.82, 2.24) is 10.2 Å². The Kier molecular flexibility index (Phi) is 11.6. The molecule has 0 saturated carbocycles. The topological polar surface area (TPSA) is 135 Å². The molecule has 3 aromatic carbocycles. The van der Waals surface area contributed by atoms with E-state index in [2.05, 4.69) is 33.0 Å². The van der Waals surface area contributed by atoms with Gasteiger partial charge in [-0.3, -0.25) is 15.0 Å². The van der Waals surface area contributed by atoms with Gasteiger partial charge < -0.3 is 25.8 Å². The number of carbonyl (C=O) groups is 3. The van der Waals surface area contributed by atoms with E-state index in [-0.39, 0.29) is 5.91 Å². The summed E-state index contributed by atoms with van der Waals surface area (Å²) >= 11 is 0. The van der Waals surface area contributed by atoms with E-state index in [1.807, 2.05) is 30.3 Å². The Morgan fingerprint density at radius 3 is 2.09 bits per heavy atom. The van der Waals surface area contributed by atoms with Crippen LogP contribution < -0.4 is 21.7 Å². The van der Waals surface area contributed by atoms with Gasteiger partial charge in [0, 0.05) is 18.7 Å². The molecule has 4 amide bonds. The van der Waals surface area contributed by atoms with Crippen LogP contribution in [0.4, 0.5) is 21.0 Å². The van der Waals surface area contributed by atoms with Crippen LogP contribution in [0.1, 0.15) is 61.5 Å². The Morgan fingerprint density at radius 1 is 0.844 bits per heavy atom. The molecule has 0 radical (unpaired) electrons. The average Bonchev–Trinajstić information content (AvgIpc) is 3.01. The third kappa shape index (κ3) is 10.3. The third-order valence-electron chi connectivity index (χ3n) is 7.74. The van der Waals surface area contributed by atoms with Crippen LogP contribution in [0.5, 0.6) is 0 Å². The molecule has 10 nitrogen and oxygen atoms in total. The van der Waals surface area contributed by atoms with Gasteiger partial charge in [-0.05, 0) is 88.4 Å². The van der Waals surface area contributed by atoms with Crippen molar-refractivity contribution in [2.24, 2.45) is 5.73 Å². The van der Waals surface area contributed by atoms with E-state index >= 15 is 0 Å². The standard InChI is InChI=1S/C35H45N5O5/c1-34(2,3)45-33(43)38-30-13-8-7-12-29(30)37-31(41)27-14-16-28(17-15-27)35(39-32(36)42,20-18-26-10-5-4-6-11-26)19-9-21-40-22-24-44-25-23-40/h4-8,10-17H,9,18-25H2,1-3H3,(H,37,41)(H,38,43)(H3,36,39,42). The number of urea groups is 1. The normalized spacial score (nSPS) is 15.0. The Labute approximate surface area is 265 Å². The van der Waals surface area contributed by atoms with Gasteiger partial charge in [0.05, 0.1) is 30.1 Å².